The predicted octanol–water partition coefficient (Wildman–Crippen LogP) is 3.90. The molecule has 1 atom stereocenters. The second-order valence-electron chi connectivity index (χ2n) is 5.49. The maximum atomic E-state index is 4.62. The number of pyridine rings is 1. The van der Waals surface area contributed by atoms with E-state index in [2.05, 4.69) is 50.9 Å². The molecule has 0 N–H and O–H groups in total. The molecule has 2 rings (SSSR count). The van der Waals surface area contributed by atoms with Crippen LogP contribution in [-0.4, -0.2) is 4.98 Å². The molecule has 1 heteroatoms. The molecular formula is C14H19N. The Balaban J connectivity index is 2.48. The molecule has 0 fully saturated rings. The Morgan fingerprint density at radius 3 is 2.73 bits per heavy atom. The summed E-state index contributed by atoms with van der Waals surface area (Å²) in [7, 11) is 0. The smallest absolute Gasteiger partial charge is 0.0507 e. The van der Waals surface area contributed by atoms with Gasteiger partial charge in [-0.2, -0.15) is 0 Å². The monoisotopic (exact) mass is 201 g/mol. The van der Waals surface area contributed by atoms with Crippen LogP contribution < -0.4 is 0 Å². The van der Waals surface area contributed by atoms with Gasteiger partial charge in [0.25, 0.3) is 0 Å². The lowest BCUT2D eigenvalue weighted by Crippen LogP contribution is -2.14. The number of allylic oxidation sites excluding steroid dienone is 1. The van der Waals surface area contributed by atoms with Gasteiger partial charge in [0.05, 0.1) is 5.69 Å². The van der Waals surface area contributed by atoms with E-state index in [4.69, 9.17) is 0 Å². The van der Waals surface area contributed by atoms with Crippen molar-refractivity contribution in [2.24, 2.45) is 0 Å². The van der Waals surface area contributed by atoms with Crippen LogP contribution in [-0.2, 0) is 5.41 Å². The number of fused-ring (bicyclic) bond motifs is 1. The number of nitrogens with zero attached hydrogens (tertiary/aromatic N) is 1. The van der Waals surface area contributed by atoms with E-state index in [0.717, 1.165) is 6.42 Å². The number of hydrogen-bond acceptors (Lipinski definition) is 1. The molecule has 0 bridgehead atoms. The SMILES string of the molecule is CC1CC=Cc2cc(C(C)(C)C)cnc21. The van der Waals surface area contributed by atoms with Gasteiger partial charge in [0.1, 0.15) is 0 Å². The predicted molar refractivity (Wildman–Crippen MR) is 65.0 cm³/mol. The zero-order valence-electron chi connectivity index (χ0n) is 10.0. The molecular weight excluding hydrogens is 182 g/mol. The highest BCUT2D eigenvalue weighted by atomic mass is 14.7. The Bertz CT molecular complexity index is 396. The van der Waals surface area contributed by atoms with Crippen LogP contribution in [0.4, 0.5) is 0 Å². The van der Waals surface area contributed by atoms with Crippen molar-refractivity contribution in [3.8, 4) is 0 Å². The molecule has 1 aromatic rings. The average molecular weight is 201 g/mol. The van der Waals surface area contributed by atoms with Crippen LogP contribution in [0.1, 0.15) is 56.9 Å². The fraction of sp³-hybridized carbons (Fsp3) is 0.500. The van der Waals surface area contributed by atoms with Crippen molar-refractivity contribution in [1.82, 2.24) is 4.98 Å². The first kappa shape index (κ1) is 10.4. The summed E-state index contributed by atoms with van der Waals surface area (Å²) < 4.78 is 0. The van der Waals surface area contributed by atoms with Crippen LogP contribution in [0.3, 0.4) is 0 Å². The first-order valence-corrected chi connectivity index (χ1v) is 5.65. The molecule has 0 aliphatic heterocycles. The van der Waals surface area contributed by atoms with Gasteiger partial charge in [0, 0.05) is 12.1 Å². The molecule has 1 aliphatic carbocycles. The van der Waals surface area contributed by atoms with E-state index in [1.807, 2.05) is 6.20 Å². The van der Waals surface area contributed by atoms with Gasteiger partial charge in [0.15, 0.2) is 0 Å². The molecule has 1 aromatic heterocycles. The largest absolute Gasteiger partial charge is 0.260 e. The Morgan fingerprint density at radius 2 is 2.07 bits per heavy atom. The fourth-order valence-corrected chi connectivity index (χ4v) is 1.96. The Hall–Kier alpha value is -1.11. The summed E-state index contributed by atoms with van der Waals surface area (Å²) in [6.07, 6.45) is 7.61. The third-order valence-corrected chi connectivity index (χ3v) is 3.07. The van der Waals surface area contributed by atoms with E-state index in [1.54, 1.807) is 0 Å². The van der Waals surface area contributed by atoms with Crippen molar-refractivity contribution in [3.05, 3.63) is 35.2 Å². The maximum absolute atomic E-state index is 4.62. The van der Waals surface area contributed by atoms with Crippen LogP contribution >= 0.6 is 0 Å². The molecule has 0 amide bonds. The summed E-state index contributed by atoms with van der Waals surface area (Å²) in [5.74, 6) is 0.569. The van der Waals surface area contributed by atoms with Crippen molar-refractivity contribution in [2.45, 2.75) is 45.4 Å². The van der Waals surface area contributed by atoms with Gasteiger partial charge in [-0.3, -0.25) is 4.98 Å². The summed E-state index contributed by atoms with van der Waals surface area (Å²) in [5, 5.41) is 0. The van der Waals surface area contributed by atoms with E-state index >= 15 is 0 Å². The van der Waals surface area contributed by atoms with Crippen molar-refractivity contribution >= 4 is 6.08 Å². The molecule has 0 saturated heterocycles. The lowest BCUT2D eigenvalue weighted by molar-refractivity contribution is 0.584. The molecule has 0 spiro atoms. The highest BCUT2D eigenvalue weighted by Crippen LogP contribution is 2.30. The van der Waals surface area contributed by atoms with Gasteiger partial charge in [-0.05, 0) is 29.0 Å². The molecule has 0 radical (unpaired) electrons. The van der Waals surface area contributed by atoms with E-state index in [9.17, 15) is 0 Å². The van der Waals surface area contributed by atoms with Crippen LogP contribution in [0.15, 0.2) is 18.3 Å². The second kappa shape index (κ2) is 3.48. The maximum Gasteiger partial charge on any atom is 0.0507 e. The van der Waals surface area contributed by atoms with E-state index in [1.165, 1.54) is 16.8 Å². The molecule has 1 nitrogen and oxygen atoms in total. The summed E-state index contributed by atoms with van der Waals surface area (Å²) in [4.78, 5) is 4.62. The van der Waals surface area contributed by atoms with Gasteiger partial charge >= 0.3 is 0 Å². The van der Waals surface area contributed by atoms with Crippen LogP contribution in [0.5, 0.6) is 0 Å². The van der Waals surface area contributed by atoms with Crippen LogP contribution in [0.2, 0.25) is 0 Å². The zero-order valence-corrected chi connectivity index (χ0v) is 10.0. The number of rotatable bonds is 0. The minimum Gasteiger partial charge on any atom is -0.260 e. The van der Waals surface area contributed by atoms with E-state index in [0.29, 0.717) is 5.92 Å². The molecule has 1 aliphatic rings. The first-order chi connectivity index (χ1) is 6.98. The fourth-order valence-electron chi connectivity index (χ4n) is 1.96. The Labute approximate surface area is 92.2 Å². The molecule has 0 saturated carbocycles. The zero-order chi connectivity index (χ0) is 11.1. The molecule has 1 heterocycles. The Morgan fingerprint density at radius 1 is 1.33 bits per heavy atom. The lowest BCUT2D eigenvalue weighted by atomic mass is 9.85. The van der Waals surface area contributed by atoms with E-state index in [-0.39, 0.29) is 5.41 Å². The molecule has 1 unspecified atom stereocenters. The van der Waals surface area contributed by atoms with Crippen LogP contribution in [0, 0.1) is 0 Å². The summed E-state index contributed by atoms with van der Waals surface area (Å²) in [5.41, 5.74) is 4.07. The van der Waals surface area contributed by atoms with Gasteiger partial charge in [-0.25, -0.2) is 0 Å². The summed E-state index contributed by atoms with van der Waals surface area (Å²) in [6.45, 7) is 8.93. The second-order valence-corrected chi connectivity index (χ2v) is 5.49. The van der Waals surface area contributed by atoms with E-state index < -0.39 is 0 Å². The molecule has 15 heavy (non-hydrogen) atoms. The lowest BCUT2D eigenvalue weighted by Gasteiger charge is -2.22. The topological polar surface area (TPSA) is 12.9 Å². The van der Waals surface area contributed by atoms with Crippen molar-refractivity contribution in [1.29, 1.82) is 0 Å². The molecule has 80 valence electrons. The summed E-state index contributed by atoms with van der Waals surface area (Å²) in [6, 6.07) is 2.29. The normalized spacial score (nSPS) is 20.1. The third kappa shape index (κ3) is 1.97. The highest BCUT2D eigenvalue weighted by molar-refractivity contribution is 5.56. The Kier molecular flexibility index (Phi) is 2.41. The van der Waals surface area contributed by atoms with Crippen molar-refractivity contribution < 1.29 is 0 Å². The minimum absolute atomic E-state index is 0.191. The van der Waals surface area contributed by atoms with Gasteiger partial charge < -0.3 is 0 Å². The average Bonchev–Trinajstić information content (AvgIpc) is 2.16. The van der Waals surface area contributed by atoms with Crippen molar-refractivity contribution in [3.63, 3.8) is 0 Å². The third-order valence-electron chi connectivity index (χ3n) is 3.07. The van der Waals surface area contributed by atoms with Crippen molar-refractivity contribution in [2.75, 3.05) is 0 Å². The van der Waals surface area contributed by atoms with Gasteiger partial charge in [-0.1, -0.05) is 39.8 Å². The van der Waals surface area contributed by atoms with Gasteiger partial charge in [-0.15, -0.1) is 0 Å². The quantitative estimate of drug-likeness (QED) is 0.620. The minimum atomic E-state index is 0.191. The number of aromatic nitrogens is 1. The van der Waals surface area contributed by atoms with Crippen LogP contribution in [0.25, 0.3) is 6.08 Å². The highest BCUT2D eigenvalue weighted by Gasteiger charge is 2.19. The first-order valence-electron chi connectivity index (χ1n) is 5.65. The number of hydrogen-bond donors (Lipinski definition) is 0. The summed E-state index contributed by atoms with van der Waals surface area (Å²) >= 11 is 0. The molecule has 0 aromatic carbocycles. The standard InChI is InChI=1S/C14H19N/c1-10-6-5-7-11-8-12(14(2,3)4)9-15-13(10)11/h5,7-10H,6H2,1-4H3. The van der Waals surface area contributed by atoms with Gasteiger partial charge in [0.2, 0.25) is 0 Å².